The first kappa shape index (κ1) is 90.7. The normalized spacial score (nSPS) is 18.6. The van der Waals surface area contributed by atoms with Gasteiger partial charge in [0.05, 0.1) is 108 Å². The van der Waals surface area contributed by atoms with Crippen LogP contribution in [0.1, 0.15) is 135 Å². The third-order valence-electron chi connectivity index (χ3n) is 25.6. The van der Waals surface area contributed by atoms with Crippen LogP contribution >= 0.6 is 11.3 Å². The molecule has 22 rings (SSSR count). The molecule has 0 aliphatic carbocycles. The van der Waals surface area contributed by atoms with E-state index in [2.05, 4.69) is 84.2 Å². The van der Waals surface area contributed by atoms with Crippen LogP contribution in [0, 0.1) is 41.9 Å². The third-order valence-corrected chi connectivity index (χ3v) is 32.6. The molecule has 35 heteroatoms. The molecule has 0 radical (unpaired) electrons. The maximum absolute atomic E-state index is 13.7. The van der Waals surface area contributed by atoms with E-state index < -0.39 is 43.2 Å². The Balaban J connectivity index is 0.000000115. The van der Waals surface area contributed by atoms with Crippen molar-refractivity contribution < 1.29 is 53.1 Å². The molecule has 4 N–H and O–H groups in total. The summed E-state index contributed by atoms with van der Waals surface area (Å²) in [5.41, 5.74) is 13.9. The van der Waals surface area contributed by atoms with Crippen LogP contribution in [0.4, 0.5) is 91.8 Å². The van der Waals surface area contributed by atoms with Gasteiger partial charge < -0.3 is 50.3 Å². The molecule has 0 saturated carbocycles. The lowest BCUT2D eigenvalue weighted by Crippen LogP contribution is -2.37. The molecule has 4 unspecified atom stereocenters. The average Bonchev–Trinajstić information content (AvgIpc) is 1.67. The van der Waals surface area contributed by atoms with Gasteiger partial charge in [0.1, 0.15) is 54.4 Å². The van der Waals surface area contributed by atoms with E-state index in [4.69, 9.17) is 59.3 Å². The SMILES string of the molecule is COC(=O)c1cccc(C2CCN(c3nc4c(c(Nc5cccc(F)c5)n3)S(=O)CC4)CC2)c1.COc1ccc(C2CCN(c3nc4c(c(Nc5cccc(F)c5)n3)S(=O)CC4)CC2)cc1.Cc1ccc2sc(C3CCN(c4nc5c(c(Nc6cccc(F)c6)n4)S(=O)CC5)CC3)nc2c1.O=S1CCc2nc(N3CCC(C4=NCc5cc(F)ccc54)CC3)nc(Nc3cccc(F)c3)c21. The summed E-state index contributed by atoms with van der Waals surface area (Å²) in [4.78, 5) is 70.7. The Morgan fingerprint density at radius 1 is 0.396 bits per heavy atom. The number of hydrogen-bond acceptors (Lipinski definition) is 26. The molecule has 9 aliphatic heterocycles. The Hall–Kier alpha value is -12.4. The van der Waals surface area contributed by atoms with Crippen LogP contribution in [-0.4, -0.2) is 163 Å². The zero-order valence-electron chi connectivity index (χ0n) is 73.9. The van der Waals surface area contributed by atoms with Crippen LogP contribution in [0.15, 0.2) is 207 Å². The van der Waals surface area contributed by atoms with Gasteiger partial charge in [0.25, 0.3) is 0 Å². The minimum Gasteiger partial charge on any atom is -0.497 e. The number of nitrogens with one attached hydrogen (secondary N) is 4. The number of carbonyl (C=O) groups excluding carboxylic acids is 1. The fraction of sp³-hybridized carbons (Fsp3) is 0.323. The number of carbonyl (C=O) groups is 1. The van der Waals surface area contributed by atoms with Crippen LogP contribution in [0.25, 0.3) is 10.2 Å². The number of aromatic nitrogens is 9. The summed E-state index contributed by atoms with van der Waals surface area (Å²) in [7, 11) is -1.58. The van der Waals surface area contributed by atoms with Gasteiger partial charge >= 0.3 is 5.97 Å². The highest BCUT2D eigenvalue weighted by molar-refractivity contribution is 7.86. The number of halogens is 5. The number of esters is 1. The molecule has 13 aromatic rings. The number of thiazole rings is 1. The van der Waals surface area contributed by atoms with E-state index in [1.807, 2.05) is 30.3 Å². The lowest BCUT2D eigenvalue weighted by molar-refractivity contribution is 0.0600. The molecule has 4 atom stereocenters. The number of fused-ring (bicyclic) bond motifs is 6. The van der Waals surface area contributed by atoms with Gasteiger partial charge in [-0.3, -0.25) is 21.8 Å². The predicted molar refractivity (Wildman–Crippen MR) is 516 cm³/mol. The lowest BCUT2D eigenvalue weighted by atomic mass is 9.88. The van der Waals surface area contributed by atoms with E-state index >= 15 is 0 Å². The Morgan fingerprint density at radius 3 is 1.17 bits per heavy atom. The Bertz CT molecular complexity index is 6750. The highest BCUT2D eigenvalue weighted by Crippen LogP contribution is 2.43. The van der Waals surface area contributed by atoms with Crippen molar-refractivity contribution in [3.05, 3.63) is 272 Å². The number of methoxy groups -OCH3 is 2. The first-order valence-electron chi connectivity index (χ1n) is 45.0. The molecule has 4 saturated heterocycles. The molecular formula is C99H97F5N18O7S5. The summed E-state index contributed by atoms with van der Waals surface area (Å²) in [6.45, 7) is 9.05. The number of hydrogen-bond donors (Lipinski definition) is 4. The van der Waals surface area contributed by atoms with Crippen molar-refractivity contribution in [3.63, 3.8) is 0 Å². The molecule has 5 aromatic heterocycles. The van der Waals surface area contributed by atoms with Gasteiger partial charge in [-0.1, -0.05) is 54.6 Å². The van der Waals surface area contributed by atoms with Gasteiger partial charge in [-0.2, -0.15) is 19.9 Å². The molecule has 14 heterocycles. The van der Waals surface area contributed by atoms with E-state index in [-0.39, 0.29) is 35.1 Å². The summed E-state index contributed by atoms with van der Waals surface area (Å²) >= 11 is 1.80. The van der Waals surface area contributed by atoms with Gasteiger partial charge in [0.2, 0.25) is 23.8 Å². The van der Waals surface area contributed by atoms with Gasteiger partial charge in [-0.05, 0) is 220 Å². The minimum absolute atomic E-state index is 0.220. The fourth-order valence-electron chi connectivity index (χ4n) is 18.6. The molecule has 0 amide bonds. The van der Waals surface area contributed by atoms with Gasteiger partial charge in [0, 0.05) is 147 Å². The second-order valence-corrected chi connectivity index (χ2v) is 41.4. The number of piperidine rings is 4. The monoisotopic (exact) mass is 1900 g/mol. The summed E-state index contributed by atoms with van der Waals surface area (Å²) in [6, 6.07) is 52.1. The van der Waals surface area contributed by atoms with Crippen molar-refractivity contribution >= 4 is 146 Å². The number of nitrogens with zero attached hydrogens (tertiary/aromatic N) is 14. The van der Waals surface area contributed by atoms with E-state index in [1.165, 1.54) is 82.5 Å². The number of rotatable bonds is 18. The van der Waals surface area contributed by atoms with E-state index in [0.29, 0.717) is 174 Å². The smallest absolute Gasteiger partial charge is 0.337 e. The number of ether oxygens (including phenoxy) is 2. The molecule has 8 aromatic carbocycles. The molecule has 25 nitrogen and oxygen atoms in total. The van der Waals surface area contributed by atoms with Crippen LogP contribution < -0.4 is 45.6 Å². The predicted octanol–water partition coefficient (Wildman–Crippen LogP) is 18.3. The van der Waals surface area contributed by atoms with Crippen molar-refractivity contribution in [2.45, 2.75) is 128 Å². The van der Waals surface area contributed by atoms with Gasteiger partial charge in [-0.25, -0.2) is 51.7 Å². The highest BCUT2D eigenvalue weighted by atomic mass is 32.2. The number of aryl methyl sites for hydroxylation is 5. The van der Waals surface area contributed by atoms with Crippen LogP contribution in [0.5, 0.6) is 5.75 Å². The molecular weight excluding hydrogens is 1810 g/mol. The van der Waals surface area contributed by atoms with Crippen LogP contribution in [-0.2, 0) is 80.2 Å². The Labute approximate surface area is 786 Å². The zero-order valence-corrected chi connectivity index (χ0v) is 77.9. The summed E-state index contributed by atoms with van der Waals surface area (Å²) in [5, 5.41) is 13.9. The quantitative estimate of drug-likeness (QED) is 0.0458. The summed E-state index contributed by atoms with van der Waals surface area (Å²) in [6.07, 6.45) is 10.2. The Morgan fingerprint density at radius 2 is 0.776 bits per heavy atom. The topological polar surface area (TPSA) is 293 Å². The van der Waals surface area contributed by atoms with Crippen molar-refractivity contribution in [2.24, 2.45) is 10.9 Å². The first-order valence-corrected chi connectivity index (χ1v) is 51.1. The zero-order chi connectivity index (χ0) is 92.2. The molecule has 4 fully saturated rings. The van der Waals surface area contributed by atoms with Crippen molar-refractivity contribution in [1.29, 1.82) is 0 Å². The molecule has 134 heavy (non-hydrogen) atoms. The van der Waals surface area contributed by atoms with Crippen molar-refractivity contribution in [3.8, 4) is 5.75 Å². The second kappa shape index (κ2) is 40.4. The fourth-order valence-corrected chi connectivity index (χ4v) is 25.0. The van der Waals surface area contributed by atoms with E-state index in [1.54, 1.807) is 79.1 Å². The van der Waals surface area contributed by atoms with Gasteiger partial charge in [-0.15, -0.1) is 11.3 Å². The number of aliphatic imine (C=N–C) groups is 1. The third kappa shape index (κ3) is 20.5. The number of benzene rings is 8. The molecule has 690 valence electrons. The highest BCUT2D eigenvalue weighted by Gasteiger charge is 2.37. The van der Waals surface area contributed by atoms with Crippen LogP contribution in [0.2, 0.25) is 0 Å². The van der Waals surface area contributed by atoms with Crippen molar-refractivity contribution in [1.82, 2.24) is 44.9 Å². The molecule has 0 bridgehead atoms. The minimum atomic E-state index is -1.18. The average molecular weight is 1910 g/mol. The Kier molecular flexibility index (Phi) is 27.3. The van der Waals surface area contributed by atoms with Crippen molar-refractivity contribution in [2.75, 3.05) is 130 Å². The summed E-state index contributed by atoms with van der Waals surface area (Å²) < 4.78 is 130. The number of anilines is 12. The van der Waals surface area contributed by atoms with Crippen LogP contribution in [0.3, 0.4) is 0 Å². The van der Waals surface area contributed by atoms with E-state index in [0.717, 1.165) is 160 Å². The van der Waals surface area contributed by atoms with E-state index in [9.17, 15) is 43.6 Å². The lowest BCUT2D eigenvalue weighted by Gasteiger charge is -2.32. The molecule has 0 spiro atoms. The standard InChI is InChI=1S/C25H23F2N5OS.C25H24FN5OS2.C25H25FN4O3S.C24H25FN4O2S/c26-17-2-1-3-19(13-17)29-24-23-21(8-11-34(23)33)30-25(31-24)32-9-6-15(7-10-32)22-20-5-4-18(27)12-16(20)14-28-22;1-15-5-6-21-20(13-15)28-24(33-21)16-7-10-31(11-8-16)25-29-19-9-12-34(32)22(19)23(30-25)27-18-4-2-3-17(26)14-18;1-33-24(31)18-5-2-4-17(14-18)16-8-11-30(12-9-16)25-28-21-10-13-34(32)22(21)23(29-25)27-20-7-3-6-19(26)15-20;1-31-20-7-5-16(6-8-20)17-9-12-29(13-10-17)24-27-21-11-14-32(30)22(21)23(28-24)26-19-4-2-3-18(25)15-19/h1-5,12-13,15H,6-11,14H2,(H,29,30,31);2-6,13-14,16H,7-12H2,1H3,(H,27,29,30);2-7,14-16H,8-13H2,1H3,(H,27,28,29);2-8,15,17H,9-14H2,1H3,(H,26,27,28). The summed E-state index contributed by atoms with van der Waals surface area (Å²) in [5.74, 6) is 7.15. The maximum atomic E-state index is 13.7. The second-order valence-electron chi connectivity index (χ2n) is 34.3. The first-order chi connectivity index (χ1) is 65.2. The van der Waals surface area contributed by atoms with Gasteiger partial charge in [0.15, 0.2) is 23.3 Å². The molecule has 9 aliphatic rings. The maximum Gasteiger partial charge on any atom is 0.337 e. The largest absolute Gasteiger partial charge is 0.497 e.